The van der Waals surface area contributed by atoms with Crippen molar-refractivity contribution in [1.29, 1.82) is 0 Å². The molecule has 0 bridgehead atoms. The molecule has 4 aromatic rings. The Hall–Kier alpha value is -3.98. The Balaban J connectivity index is 1.50. The van der Waals surface area contributed by atoms with Crippen LogP contribution in [0.15, 0.2) is 66.0 Å². The fourth-order valence-electron chi connectivity index (χ4n) is 4.07. The smallest absolute Gasteiger partial charge is 0.270 e. The number of rotatable bonds is 7. The Kier molecular flexibility index (Phi) is 7.08. The number of hydrogen-bond donors (Lipinski definition) is 1. The number of nitrogens with one attached hydrogen (secondary N) is 1. The number of amides is 1. The van der Waals surface area contributed by atoms with Crippen LogP contribution in [0.25, 0.3) is 23.2 Å². The summed E-state index contributed by atoms with van der Waals surface area (Å²) in [6.45, 7) is 5.37. The van der Waals surface area contributed by atoms with Gasteiger partial charge in [-0.25, -0.2) is 0 Å². The molecule has 2 aromatic heterocycles. The molecule has 0 fully saturated rings. The summed E-state index contributed by atoms with van der Waals surface area (Å²) in [6.07, 6.45) is 2.65. The van der Waals surface area contributed by atoms with Crippen LogP contribution in [0, 0.1) is 5.92 Å². The lowest BCUT2D eigenvalue weighted by Gasteiger charge is -2.24. The average Bonchev–Trinajstić information content (AvgIpc) is 3.53. The van der Waals surface area contributed by atoms with Gasteiger partial charge in [0.2, 0.25) is 0 Å². The van der Waals surface area contributed by atoms with Crippen molar-refractivity contribution in [3.05, 3.63) is 76.5 Å². The quantitative estimate of drug-likeness (QED) is 0.355. The maximum atomic E-state index is 13.8. The van der Waals surface area contributed by atoms with E-state index < -0.39 is 0 Å². The molecule has 1 unspecified atom stereocenters. The zero-order chi connectivity index (χ0) is 24.9. The monoisotopic (exact) mass is 501 g/mol. The number of fused-ring (bicyclic) bond motifs is 1. The Labute approximate surface area is 213 Å². The van der Waals surface area contributed by atoms with Crippen LogP contribution in [-0.2, 0) is 4.79 Å². The van der Waals surface area contributed by atoms with Crippen LogP contribution in [0.1, 0.15) is 36.8 Å². The summed E-state index contributed by atoms with van der Waals surface area (Å²) in [4.78, 5) is 14.8. The lowest BCUT2D eigenvalue weighted by Crippen LogP contribution is -2.34. The highest BCUT2D eigenvalue weighted by atomic mass is 32.1. The van der Waals surface area contributed by atoms with Crippen LogP contribution >= 0.6 is 11.3 Å². The van der Waals surface area contributed by atoms with E-state index in [-0.39, 0.29) is 17.9 Å². The molecule has 1 aliphatic rings. The van der Waals surface area contributed by atoms with E-state index >= 15 is 0 Å². The minimum atomic E-state index is -0.279. The lowest BCUT2D eigenvalue weighted by atomic mass is 9.95. The van der Waals surface area contributed by atoms with Crippen LogP contribution in [0.2, 0.25) is 0 Å². The summed E-state index contributed by atoms with van der Waals surface area (Å²) in [5, 5.41) is 17.4. The molecule has 5 rings (SSSR count). The van der Waals surface area contributed by atoms with E-state index in [1.165, 1.54) is 16.0 Å². The highest BCUT2D eigenvalue weighted by Gasteiger charge is 2.25. The van der Waals surface area contributed by atoms with Crippen LogP contribution < -0.4 is 14.8 Å². The molecule has 1 N–H and O–H groups in total. The first-order chi connectivity index (χ1) is 17.6. The van der Waals surface area contributed by atoms with E-state index in [1.807, 2.05) is 72.1 Å². The molecular formula is C27H27N5O3S. The molecule has 0 spiro atoms. The van der Waals surface area contributed by atoms with Gasteiger partial charge in [-0.05, 0) is 51.6 Å². The van der Waals surface area contributed by atoms with Gasteiger partial charge in [0.1, 0.15) is 5.70 Å². The highest BCUT2D eigenvalue weighted by molar-refractivity contribution is 7.10. The van der Waals surface area contributed by atoms with E-state index in [2.05, 4.69) is 34.7 Å². The number of aromatic nitrogens is 4. The zero-order valence-electron chi connectivity index (χ0n) is 20.1. The number of ether oxygens (including phenoxy) is 2. The molecule has 9 heteroatoms. The number of hydrogen-bond acceptors (Lipinski definition) is 7. The minimum Gasteiger partial charge on any atom is -0.490 e. The van der Waals surface area contributed by atoms with E-state index in [0.717, 1.165) is 28.2 Å². The first kappa shape index (κ1) is 23.7. The van der Waals surface area contributed by atoms with Crippen molar-refractivity contribution in [2.75, 3.05) is 13.2 Å². The van der Waals surface area contributed by atoms with E-state index in [9.17, 15) is 4.79 Å². The normalized spacial score (nSPS) is 14.4. The molecule has 36 heavy (non-hydrogen) atoms. The maximum absolute atomic E-state index is 13.8. The molecule has 3 heterocycles. The fraction of sp³-hybridized carbons (Fsp3) is 0.259. The third kappa shape index (κ3) is 5.16. The molecule has 0 saturated carbocycles. The van der Waals surface area contributed by atoms with Gasteiger partial charge >= 0.3 is 0 Å². The van der Waals surface area contributed by atoms with Crippen molar-refractivity contribution in [3.8, 4) is 22.9 Å². The second-order valence-corrected chi connectivity index (χ2v) is 9.76. The predicted molar refractivity (Wildman–Crippen MR) is 140 cm³/mol. The number of nitrogens with zero attached hydrogens (tertiary/aromatic N) is 4. The molecule has 1 amide bonds. The van der Waals surface area contributed by atoms with Gasteiger partial charge in [0.15, 0.2) is 17.3 Å². The Bertz CT molecular complexity index is 1350. The molecule has 8 nitrogen and oxygen atoms in total. The zero-order valence-corrected chi connectivity index (χ0v) is 20.9. The molecule has 0 radical (unpaired) electrons. The van der Waals surface area contributed by atoms with Gasteiger partial charge in [0, 0.05) is 16.9 Å². The summed E-state index contributed by atoms with van der Waals surface area (Å²) < 4.78 is 13.2. The SMILES string of the molecule is CC(C)C(NC(=O)/C(=C\c1cccs1)n1nnnc1-c1ccccc1)c1ccc2c(c1)OCCCO2. The third-order valence-corrected chi connectivity index (χ3v) is 6.69. The van der Waals surface area contributed by atoms with Gasteiger partial charge < -0.3 is 14.8 Å². The molecule has 1 atom stereocenters. The standard InChI is InChI=1S/C27H27N5O3S/c1-18(2)25(20-11-12-23-24(16-20)35-14-7-13-34-23)28-27(33)22(17-21-10-6-15-36-21)32-26(29-30-31-32)19-8-4-3-5-9-19/h3-6,8-12,15-18,25H,7,13-14H2,1-2H3,(H,28,33)/b22-17+. The Morgan fingerprint density at radius 2 is 1.86 bits per heavy atom. The molecular weight excluding hydrogens is 474 g/mol. The average molecular weight is 502 g/mol. The van der Waals surface area contributed by atoms with Crippen molar-refractivity contribution in [2.45, 2.75) is 26.3 Å². The molecule has 0 aliphatic carbocycles. The van der Waals surface area contributed by atoms with Crippen molar-refractivity contribution in [3.63, 3.8) is 0 Å². The van der Waals surface area contributed by atoms with Gasteiger partial charge in [-0.1, -0.05) is 56.3 Å². The molecule has 2 aromatic carbocycles. The van der Waals surface area contributed by atoms with Crippen molar-refractivity contribution in [1.82, 2.24) is 25.5 Å². The van der Waals surface area contributed by atoms with Gasteiger partial charge in [-0.15, -0.1) is 16.4 Å². The predicted octanol–water partition coefficient (Wildman–Crippen LogP) is 5.07. The van der Waals surface area contributed by atoms with E-state index in [4.69, 9.17) is 9.47 Å². The number of carbonyl (C=O) groups excluding carboxylic acids is 1. The van der Waals surface area contributed by atoms with Crippen LogP contribution in [0.3, 0.4) is 0 Å². The Morgan fingerprint density at radius 3 is 2.61 bits per heavy atom. The van der Waals surface area contributed by atoms with Gasteiger partial charge in [-0.3, -0.25) is 4.79 Å². The second-order valence-electron chi connectivity index (χ2n) is 8.78. The minimum absolute atomic E-state index is 0.115. The largest absolute Gasteiger partial charge is 0.490 e. The number of benzene rings is 2. The van der Waals surface area contributed by atoms with Crippen LogP contribution in [-0.4, -0.2) is 39.3 Å². The van der Waals surface area contributed by atoms with Crippen molar-refractivity contribution >= 4 is 29.0 Å². The topological polar surface area (TPSA) is 91.2 Å². The number of carbonyl (C=O) groups is 1. The van der Waals surface area contributed by atoms with Crippen LogP contribution in [0.5, 0.6) is 11.5 Å². The highest BCUT2D eigenvalue weighted by Crippen LogP contribution is 2.34. The number of thiophene rings is 1. The van der Waals surface area contributed by atoms with Crippen LogP contribution in [0.4, 0.5) is 0 Å². The van der Waals surface area contributed by atoms with Gasteiger partial charge in [0.05, 0.1) is 19.3 Å². The van der Waals surface area contributed by atoms with Crippen molar-refractivity contribution in [2.24, 2.45) is 5.92 Å². The maximum Gasteiger partial charge on any atom is 0.270 e. The number of tetrazole rings is 1. The lowest BCUT2D eigenvalue weighted by molar-refractivity contribution is -0.117. The second kappa shape index (κ2) is 10.7. The first-order valence-electron chi connectivity index (χ1n) is 11.9. The summed E-state index contributed by atoms with van der Waals surface area (Å²) in [5.74, 6) is 1.75. The van der Waals surface area contributed by atoms with Gasteiger partial charge in [0.25, 0.3) is 5.91 Å². The molecule has 1 aliphatic heterocycles. The molecule has 0 saturated heterocycles. The summed E-state index contributed by atoms with van der Waals surface area (Å²) in [5.41, 5.74) is 2.09. The summed E-state index contributed by atoms with van der Waals surface area (Å²) in [6, 6.07) is 19.1. The van der Waals surface area contributed by atoms with E-state index in [1.54, 1.807) is 0 Å². The fourth-order valence-corrected chi connectivity index (χ4v) is 4.72. The summed E-state index contributed by atoms with van der Waals surface area (Å²) in [7, 11) is 0. The van der Waals surface area contributed by atoms with E-state index in [0.29, 0.717) is 30.5 Å². The summed E-state index contributed by atoms with van der Waals surface area (Å²) >= 11 is 1.54. The van der Waals surface area contributed by atoms with Gasteiger partial charge in [-0.2, -0.15) is 4.68 Å². The third-order valence-electron chi connectivity index (χ3n) is 5.87. The first-order valence-corrected chi connectivity index (χ1v) is 12.8. The van der Waals surface area contributed by atoms with Crippen molar-refractivity contribution < 1.29 is 14.3 Å². The Morgan fingerprint density at radius 1 is 1.06 bits per heavy atom. The molecule has 184 valence electrons.